The first-order valence-corrected chi connectivity index (χ1v) is 4.77. The molecule has 1 aromatic heterocycles. The van der Waals surface area contributed by atoms with Crippen molar-refractivity contribution >= 4 is 5.97 Å². The van der Waals surface area contributed by atoms with Crippen molar-refractivity contribution in [2.24, 2.45) is 0 Å². The smallest absolute Gasteiger partial charge is 0.354 e. The molecule has 0 aliphatic heterocycles. The summed E-state index contributed by atoms with van der Waals surface area (Å²) in [6.45, 7) is 2.55. The molecule has 15 heavy (non-hydrogen) atoms. The fourth-order valence-corrected chi connectivity index (χ4v) is 1.12. The first-order valence-electron chi connectivity index (χ1n) is 4.77. The van der Waals surface area contributed by atoms with Crippen LogP contribution < -0.4 is 5.32 Å². The van der Waals surface area contributed by atoms with Gasteiger partial charge in [-0.2, -0.15) is 0 Å². The quantitative estimate of drug-likeness (QED) is 0.612. The second kappa shape index (κ2) is 5.53. The number of nitrogens with one attached hydrogen (secondary N) is 2. The first kappa shape index (κ1) is 11.7. The molecular weight excluding hydrogens is 196 g/mol. The monoisotopic (exact) mass is 212 g/mol. The molecule has 1 heterocycles. The summed E-state index contributed by atoms with van der Waals surface area (Å²) in [5.41, 5.74) is 1.32. The van der Waals surface area contributed by atoms with Crippen LogP contribution in [0.5, 0.6) is 0 Å². The number of aliphatic hydroxyl groups excluding tert-OH is 1. The van der Waals surface area contributed by atoms with Gasteiger partial charge in [0, 0.05) is 18.3 Å². The minimum absolute atomic E-state index is 0.0369. The Morgan fingerprint density at radius 1 is 1.67 bits per heavy atom. The molecule has 1 atom stereocenters. The van der Waals surface area contributed by atoms with Crippen LogP contribution in [0, 0.1) is 0 Å². The molecule has 0 aromatic carbocycles. The van der Waals surface area contributed by atoms with Crippen LogP contribution in [0.4, 0.5) is 0 Å². The number of esters is 1. The van der Waals surface area contributed by atoms with Gasteiger partial charge in [-0.15, -0.1) is 0 Å². The van der Waals surface area contributed by atoms with Crippen LogP contribution in [0.25, 0.3) is 0 Å². The van der Waals surface area contributed by atoms with Crippen LogP contribution in [-0.2, 0) is 11.3 Å². The number of carbonyl (C=O) groups excluding carboxylic acids is 1. The Kier molecular flexibility index (Phi) is 4.33. The van der Waals surface area contributed by atoms with Crippen molar-refractivity contribution < 1.29 is 14.6 Å². The van der Waals surface area contributed by atoms with Gasteiger partial charge in [-0.25, -0.2) is 4.79 Å². The Morgan fingerprint density at radius 2 is 2.40 bits per heavy atom. The van der Waals surface area contributed by atoms with E-state index in [2.05, 4.69) is 15.0 Å². The number of rotatable bonds is 5. The van der Waals surface area contributed by atoms with Crippen molar-refractivity contribution in [3.05, 3.63) is 23.5 Å². The minimum Gasteiger partial charge on any atom is -0.464 e. The van der Waals surface area contributed by atoms with Gasteiger partial charge in [0.2, 0.25) is 0 Å². The number of aromatic nitrogens is 1. The lowest BCUT2D eigenvalue weighted by atomic mass is 10.3. The lowest BCUT2D eigenvalue weighted by Gasteiger charge is -2.08. The molecule has 0 aliphatic carbocycles. The topological polar surface area (TPSA) is 74.3 Å². The van der Waals surface area contributed by atoms with Crippen molar-refractivity contribution in [2.75, 3.05) is 13.7 Å². The number of aromatic amines is 1. The summed E-state index contributed by atoms with van der Waals surface area (Å²) in [7, 11) is 1.34. The van der Waals surface area contributed by atoms with Gasteiger partial charge < -0.3 is 20.1 Å². The Morgan fingerprint density at radius 3 is 3.00 bits per heavy atom. The molecule has 0 saturated carbocycles. The molecule has 0 bridgehead atoms. The summed E-state index contributed by atoms with van der Waals surface area (Å²) in [6, 6.07) is 3.52. The lowest BCUT2D eigenvalue weighted by Crippen LogP contribution is -2.28. The van der Waals surface area contributed by atoms with E-state index in [0.29, 0.717) is 12.2 Å². The zero-order valence-corrected chi connectivity index (χ0v) is 8.91. The van der Waals surface area contributed by atoms with Gasteiger partial charge in [-0.3, -0.25) is 0 Å². The van der Waals surface area contributed by atoms with Gasteiger partial charge in [0.1, 0.15) is 5.69 Å². The van der Waals surface area contributed by atoms with E-state index in [4.69, 9.17) is 5.11 Å². The molecule has 1 rings (SSSR count). The van der Waals surface area contributed by atoms with Crippen LogP contribution in [0.2, 0.25) is 0 Å². The van der Waals surface area contributed by atoms with E-state index in [1.54, 1.807) is 6.07 Å². The molecule has 0 fully saturated rings. The average Bonchev–Trinajstić information content (AvgIpc) is 2.73. The number of methoxy groups -OCH3 is 1. The normalized spacial score (nSPS) is 12.5. The summed E-state index contributed by atoms with van der Waals surface area (Å²) < 4.78 is 4.57. The lowest BCUT2D eigenvalue weighted by molar-refractivity contribution is 0.0594. The van der Waals surface area contributed by atoms with E-state index in [9.17, 15) is 4.79 Å². The largest absolute Gasteiger partial charge is 0.464 e. The highest BCUT2D eigenvalue weighted by Crippen LogP contribution is 2.03. The molecular formula is C10H16N2O3. The molecule has 0 saturated heterocycles. The SMILES string of the molecule is COC(=O)c1ccc(CN[C@@H](C)CO)[nH]1. The van der Waals surface area contributed by atoms with E-state index >= 15 is 0 Å². The number of aliphatic hydroxyl groups is 1. The standard InChI is InChI=1S/C10H16N2O3/c1-7(6-13)11-5-8-3-4-9(12-8)10(14)15-2/h3-4,7,11-13H,5-6H2,1-2H3/t7-/m0/s1. The maximum Gasteiger partial charge on any atom is 0.354 e. The van der Waals surface area contributed by atoms with Crippen molar-refractivity contribution in [3.63, 3.8) is 0 Å². The molecule has 0 amide bonds. The molecule has 0 aliphatic rings. The molecule has 0 spiro atoms. The number of carbonyl (C=O) groups is 1. The second-order valence-electron chi connectivity index (χ2n) is 3.35. The van der Waals surface area contributed by atoms with Gasteiger partial charge in [-0.05, 0) is 19.1 Å². The highest BCUT2D eigenvalue weighted by Gasteiger charge is 2.08. The molecule has 0 radical (unpaired) electrons. The van der Waals surface area contributed by atoms with E-state index < -0.39 is 0 Å². The summed E-state index contributed by atoms with van der Waals surface area (Å²) >= 11 is 0. The summed E-state index contributed by atoms with van der Waals surface area (Å²) in [4.78, 5) is 14.0. The molecule has 5 nitrogen and oxygen atoms in total. The van der Waals surface area contributed by atoms with Crippen molar-refractivity contribution in [2.45, 2.75) is 19.5 Å². The van der Waals surface area contributed by atoms with Crippen molar-refractivity contribution in [3.8, 4) is 0 Å². The highest BCUT2D eigenvalue weighted by molar-refractivity contribution is 5.87. The Bertz CT molecular complexity index is 322. The first-order chi connectivity index (χ1) is 7.17. The van der Waals surface area contributed by atoms with E-state index in [-0.39, 0.29) is 18.6 Å². The second-order valence-corrected chi connectivity index (χ2v) is 3.35. The molecule has 84 valence electrons. The molecule has 5 heteroatoms. The number of H-pyrrole nitrogens is 1. The van der Waals surface area contributed by atoms with E-state index in [0.717, 1.165) is 5.69 Å². The highest BCUT2D eigenvalue weighted by atomic mass is 16.5. The fraction of sp³-hybridized carbons (Fsp3) is 0.500. The van der Waals surface area contributed by atoms with Crippen LogP contribution in [0.15, 0.2) is 12.1 Å². The van der Waals surface area contributed by atoms with E-state index in [1.165, 1.54) is 7.11 Å². The molecule has 1 aromatic rings. The summed E-state index contributed by atoms with van der Waals surface area (Å²) in [5.74, 6) is -0.378. The Hall–Kier alpha value is -1.33. The summed E-state index contributed by atoms with van der Waals surface area (Å²) in [6.07, 6.45) is 0. The predicted molar refractivity (Wildman–Crippen MR) is 55.5 cm³/mol. The minimum atomic E-state index is -0.378. The van der Waals surface area contributed by atoms with Crippen LogP contribution in [0.1, 0.15) is 23.1 Å². The zero-order chi connectivity index (χ0) is 11.3. The molecule has 3 N–H and O–H groups in total. The fourth-order valence-electron chi connectivity index (χ4n) is 1.12. The van der Waals surface area contributed by atoms with Gasteiger partial charge in [-0.1, -0.05) is 0 Å². The van der Waals surface area contributed by atoms with Gasteiger partial charge >= 0.3 is 5.97 Å². The number of hydrogen-bond donors (Lipinski definition) is 3. The molecule has 0 unspecified atom stereocenters. The summed E-state index contributed by atoms with van der Waals surface area (Å²) in [5, 5.41) is 11.9. The van der Waals surface area contributed by atoms with Crippen LogP contribution in [-0.4, -0.2) is 35.8 Å². The van der Waals surface area contributed by atoms with Crippen LogP contribution in [0.3, 0.4) is 0 Å². The van der Waals surface area contributed by atoms with Crippen molar-refractivity contribution in [1.29, 1.82) is 0 Å². The Balaban J connectivity index is 2.49. The average molecular weight is 212 g/mol. The Labute approximate surface area is 88.4 Å². The maximum absolute atomic E-state index is 11.1. The third-order valence-electron chi connectivity index (χ3n) is 2.07. The number of hydrogen-bond acceptors (Lipinski definition) is 4. The maximum atomic E-state index is 11.1. The zero-order valence-electron chi connectivity index (χ0n) is 8.91. The van der Waals surface area contributed by atoms with Crippen molar-refractivity contribution in [1.82, 2.24) is 10.3 Å². The van der Waals surface area contributed by atoms with Gasteiger partial charge in [0.25, 0.3) is 0 Å². The third kappa shape index (κ3) is 3.38. The van der Waals surface area contributed by atoms with Gasteiger partial charge in [0.15, 0.2) is 0 Å². The van der Waals surface area contributed by atoms with Gasteiger partial charge in [0.05, 0.1) is 13.7 Å². The number of ether oxygens (including phenoxy) is 1. The van der Waals surface area contributed by atoms with Crippen LogP contribution >= 0.6 is 0 Å². The predicted octanol–water partition coefficient (Wildman–Crippen LogP) is 0.272. The third-order valence-corrected chi connectivity index (χ3v) is 2.07. The van der Waals surface area contributed by atoms with E-state index in [1.807, 2.05) is 13.0 Å².